The summed E-state index contributed by atoms with van der Waals surface area (Å²) in [5.41, 5.74) is 12.4. The van der Waals surface area contributed by atoms with E-state index in [4.69, 9.17) is 10.5 Å². The Hall–Kier alpha value is -1.80. The second-order valence-electron chi connectivity index (χ2n) is 4.68. The van der Waals surface area contributed by atoms with Gasteiger partial charge in [-0.15, -0.1) is 0 Å². The maximum absolute atomic E-state index is 6.35. The van der Waals surface area contributed by atoms with Crippen LogP contribution in [-0.2, 0) is 6.42 Å². The van der Waals surface area contributed by atoms with Gasteiger partial charge in [0, 0.05) is 5.56 Å². The van der Waals surface area contributed by atoms with Crippen LogP contribution in [0.4, 0.5) is 0 Å². The van der Waals surface area contributed by atoms with Crippen molar-refractivity contribution in [3.05, 3.63) is 53.1 Å². The van der Waals surface area contributed by atoms with Crippen molar-refractivity contribution in [2.75, 3.05) is 7.11 Å². The molecule has 1 aliphatic carbocycles. The molecule has 0 bridgehead atoms. The first kappa shape index (κ1) is 11.3. The summed E-state index contributed by atoms with van der Waals surface area (Å²) in [5, 5.41) is 0. The normalized spacial score (nSPS) is 16.3. The average molecular weight is 239 g/mol. The molecule has 0 saturated heterocycles. The minimum atomic E-state index is -0.0309. The fourth-order valence-electron chi connectivity index (χ4n) is 2.75. The van der Waals surface area contributed by atoms with Crippen LogP contribution in [0, 0.1) is 0 Å². The molecule has 3 rings (SSSR count). The maximum atomic E-state index is 6.35. The van der Waals surface area contributed by atoms with E-state index >= 15 is 0 Å². The lowest BCUT2D eigenvalue weighted by molar-refractivity contribution is 0.416. The van der Waals surface area contributed by atoms with Gasteiger partial charge in [-0.3, -0.25) is 0 Å². The first-order chi connectivity index (χ1) is 8.76. The van der Waals surface area contributed by atoms with Gasteiger partial charge in [0.05, 0.1) is 13.2 Å². The van der Waals surface area contributed by atoms with Crippen LogP contribution in [0.2, 0.25) is 0 Å². The van der Waals surface area contributed by atoms with Gasteiger partial charge >= 0.3 is 0 Å². The second kappa shape index (κ2) is 4.14. The molecule has 0 spiro atoms. The quantitative estimate of drug-likeness (QED) is 0.872. The van der Waals surface area contributed by atoms with Gasteiger partial charge in [-0.2, -0.15) is 0 Å². The first-order valence-electron chi connectivity index (χ1n) is 6.32. The van der Waals surface area contributed by atoms with Crippen molar-refractivity contribution in [3.8, 4) is 16.9 Å². The zero-order valence-corrected chi connectivity index (χ0v) is 10.7. The zero-order chi connectivity index (χ0) is 12.7. The molecule has 2 aromatic rings. The van der Waals surface area contributed by atoms with Crippen LogP contribution in [-0.4, -0.2) is 7.11 Å². The minimum absolute atomic E-state index is 0.0309. The predicted octanol–water partition coefficient (Wildman–Crippen LogP) is 3.29. The fourth-order valence-corrected chi connectivity index (χ4v) is 2.75. The standard InChI is InChI=1S/C16H17NO/c1-3-10-7-8-11-13(9-10)16(17)12-5-4-6-14(18-2)15(11)12/h4-9,16H,3,17H2,1-2H3. The van der Waals surface area contributed by atoms with Crippen molar-refractivity contribution in [2.24, 2.45) is 5.73 Å². The summed E-state index contributed by atoms with van der Waals surface area (Å²) in [6.45, 7) is 2.16. The Bertz CT molecular complexity index is 604. The third-order valence-corrected chi connectivity index (χ3v) is 3.74. The van der Waals surface area contributed by atoms with Gasteiger partial charge in [0.15, 0.2) is 0 Å². The van der Waals surface area contributed by atoms with Crippen LogP contribution in [0.3, 0.4) is 0 Å². The minimum Gasteiger partial charge on any atom is -0.496 e. The van der Waals surface area contributed by atoms with Crippen molar-refractivity contribution in [1.29, 1.82) is 0 Å². The van der Waals surface area contributed by atoms with E-state index < -0.39 is 0 Å². The van der Waals surface area contributed by atoms with Crippen molar-refractivity contribution in [3.63, 3.8) is 0 Å². The van der Waals surface area contributed by atoms with Crippen LogP contribution in [0.5, 0.6) is 5.75 Å². The first-order valence-corrected chi connectivity index (χ1v) is 6.32. The summed E-state index contributed by atoms with van der Waals surface area (Å²) in [6, 6.07) is 12.6. The monoisotopic (exact) mass is 239 g/mol. The highest BCUT2D eigenvalue weighted by molar-refractivity contribution is 5.83. The average Bonchev–Trinajstić information content (AvgIpc) is 2.72. The van der Waals surface area contributed by atoms with Crippen LogP contribution < -0.4 is 10.5 Å². The van der Waals surface area contributed by atoms with Crippen LogP contribution in [0.1, 0.15) is 29.7 Å². The van der Waals surface area contributed by atoms with Crippen LogP contribution in [0.15, 0.2) is 36.4 Å². The van der Waals surface area contributed by atoms with E-state index in [1.54, 1.807) is 7.11 Å². The molecule has 18 heavy (non-hydrogen) atoms. The summed E-state index contributed by atoms with van der Waals surface area (Å²) in [4.78, 5) is 0. The molecule has 0 aliphatic heterocycles. The molecule has 2 N–H and O–H groups in total. The van der Waals surface area contributed by atoms with E-state index in [0.717, 1.165) is 23.3 Å². The molecule has 2 heteroatoms. The molecule has 92 valence electrons. The van der Waals surface area contributed by atoms with Gasteiger partial charge in [0.2, 0.25) is 0 Å². The lowest BCUT2D eigenvalue weighted by Gasteiger charge is -2.08. The Morgan fingerprint density at radius 1 is 1.17 bits per heavy atom. The van der Waals surface area contributed by atoms with Crippen molar-refractivity contribution in [2.45, 2.75) is 19.4 Å². The summed E-state index contributed by atoms with van der Waals surface area (Å²) >= 11 is 0. The molecule has 0 heterocycles. The number of rotatable bonds is 2. The number of fused-ring (bicyclic) bond motifs is 3. The molecular weight excluding hydrogens is 222 g/mol. The van der Waals surface area contributed by atoms with E-state index in [0.29, 0.717) is 0 Å². The summed E-state index contributed by atoms with van der Waals surface area (Å²) in [7, 11) is 1.71. The number of hydrogen-bond donors (Lipinski definition) is 1. The molecule has 0 fully saturated rings. The number of aryl methyl sites for hydroxylation is 1. The molecule has 2 nitrogen and oxygen atoms in total. The number of benzene rings is 2. The molecule has 0 radical (unpaired) electrons. The highest BCUT2D eigenvalue weighted by Crippen LogP contribution is 2.47. The molecular formula is C16H17NO. The highest BCUT2D eigenvalue weighted by Gasteiger charge is 2.28. The van der Waals surface area contributed by atoms with Gasteiger partial charge < -0.3 is 10.5 Å². The van der Waals surface area contributed by atoms with Gasteiger partial charge in [0.1, 0.15) is 5.75 Å². The maximum Gasteiger partial charge on any atom is 0.127 e. The Morgan fingerprint density at radius 2 is 2.00 bits per heavy atom. The van der Waals surface area contributed by atoms with E-state index in [2.05, 4.69) is 31.2 Å². The van der Waals surface area contributed by atoms with E-state index in [9.17, 15) is 0 Å². The largest absolute Gasteiger partial charge is 0.496 e. The van der Waals surface area contributed by atoms with Crippen LogP contribution in [0.25, 0.3) is 11.1 Å². The van der Waals surface area contributed by atoms with Crippen molar-refractivity contribution >= 4 is 0 Å². The van der Waals surface area contributed by atoms with E-state index in [-0.39, 0.29) is 6.04 Å². The SMILES string of the molecule is CCc1ccc2c(c1)C(N)c1cccc(OC)c1-2. The third kappa shape index (κ3) is 1.46. The Morgan fingerprint density at radius 3 is 2.72 bits per heavy atom. The smallest absolute Gasteiger partial charge is 0.127 e. The molecule has 2 aromatic carbocycles. The molecule has 1 unspecified atom stereocenters. The molecule has 1 atom stereocenters. The molecule has 0 aromatic heterocycles. The second-order valence-corrected chi connectivity index (χ2v) is 4.68. The number of ether oxygens (including phenoxy) is 1. The number of hydrogen-bond acceptors (Lipinski definition) is 2. The van der Waals surface area contributed by atoms with Gasteiger partial charge in [0.25, 0.3) is 0 Å². The Balaban J connectivity index is 2.26. The lowest BCUT2D eigenvalue weighted by atomic mass is 10.0. The molecule has 0 saturated carbocycles. The number of methoxy groups -OCH3 is 1. The molecule has 1 aliphatic rings. The summed E-state index contributed by atoms with van der Waals surface area (Å²) in [6.07, 6.45) is 1.04. The Kier molecular flexibility index (Phi) is 2.60. The van der Waals surface area contributed by atoms with Gasteiger partial charge in [-0.25, -0.2) is 0 Å². The van der Waals surface area contributed by atoms with Crippen molar-refractivity contribution in [1.82, 2.24) is 0 Å². The highest BCUT2D eigenvalue weighted by atomic mass is 16.5. The number of nitrogens with two attached hydrogens (primary N) is 1. The predicted molar refractivity (Wildman–Crippen MR) is 73.8 cm³/mol. The van der Waals surface area contributed by atoms with E-state index in [1.807, 2.05) is 12.1 Å². The van der Waals surface area contributed by atoms with Crippen molar-refractivity contribution < 1.29 is 4.74 Å². The van der Waals surface area contributed by atoms with Gasteiger partial charge in [-0.1, -0.05) is 37.3 Å². The van der Waals surface area contributed by atoms with Gasteiger partial charge in [-0.05, 0) is 34.7 Å². The van der Waals surface area contributed by atoms with E-state index in [1.165, 1.54) is 16.7 Å². The molecule has 0 amide bonds. The lowest BCUT2D eigenvalue weighted by Crippen LogP contribution is -2.08. The third-order valence-electron chi connectivity index (χ3n) is 3.74. The van der Waals surface area contributed by atoms with Crippen LogP contribution >= 0.6 is 0 Å². The zero-order valence-electron chi connectivity index (χ0n) is 10.7. The summed E-state index contributed by atoms with van der Waals surface area (Å²) in [5.74, 6) is 0.908. The topological polar surface area (TPSA) is 35.2 Å². The fraction of sp³-hybridized carbons (Fsp3) is 0.250. The summed E-state index contributed by atoms with van der Waals surface area (Å²) < 4.78 is 5.46. The Labute approximate surface area is 107 Å².